The monoisotopic (exact) mass is 234 g/mol. The topological polar surface area (TPSA) is 66.0 Å². The van der Waals surface area contributed by atoms with E-state index in [0.717, 1.165) is 25.2 Å². The van der Waals surface area contributed by atoms with Crippen molar-refractivity contribution in [3.63, 3.8) is 0 Å². The predicted octanol–water partition coefficient (Wildman–Crippen LogP) is 1.84. The Balaban J connectivity index is 2.72. The number of aromatic nitrogens is 1. The van der Waals surface area contributed by atoms with Crippen molar-refractivity contribution >= 4 is 5.84 Å². The molecule has 0 atom stereocenters. The van der Waals surface area contributed by atoms with E-state index < -0.39 is 0 Å². The summed E-state index contributed by atoms with van der Waals surface area (Å²) in [5.41, 5.74) is 7.15. The van der Waals surface area contributed by atoms with Crippen LogP contribution in [0, 0.1) is 11.3 Å². The second-order valence-corrected chi connectivity index (χ2v) is 4.68. The molecule has 0 aliphatic rings. The van der Waals surface area contributed by atoms with E-state index in [9.17, 15) is 0 Å². The number of nitrogens with two attached hydrogens (primary N) is 1. The lowest BCUT2D eigenvalue weighted by Crippen LogP contribution is -2.27. The highest BCUT2D eigenvalue weighted by atomic mass is 15.1. The van der Waals surface area contributed by atoms with Gasteiger partial charge in [0.2, 0.25) is 0 Å². The average Bonchev–Trinajstić information content (AvgIpc) is 2.28. The summed E-state index contributed by atoms with van der Waals surface area (Å²) < 4.78 is 0. The molecule has 0 saturated heterocycles. The zero-order valence-electron chi connectivity index (χ0n) is 10.9. The van der Waals surface area contributed by atoms with Crippen LogP contribution in [0.5, 0.6) is 0 Å². The van der Waals surface area contributed by atoms with Crippen molar-refractivity contribution in [2.75, 3.05) is 13.1 Å². The van der Waals surface area contributed by atoms with Crippen LogP contribution in [0.3, 0.4) is 0 Å². The van der Waals surface area contributed by atoms with E-state index in [1.807, 2.05) is 12.1 Å². The Hall–Kier alpha value is -1.42. The van der Waals surface area contributed by atoms with Crippen LogP contribution >= 0.6 is 0 Å². The van der Waals surface area contributed by atoms with Gasteiger partial charge in [-0.25, -0.2) is 0 Å². The van der Waals surface area contributed by atoms with E-state index >= 15 is 0 Å². The maximum absolute atomic E-state index is 7.37. The Morgan fingerprint density at radius 3 is 2.76 bits per heavy atom. The van der Waals surface area contributed by atoms with Crippen LogP contribution in [0.4, 0.5) is 0 Å². The molecule has 4 heteroatoms. The van der Waals surface area contributed by atoms with Gasteiger partial charge in [0.05, 0.1) is 0 Å². The van der Waals surface area contributed by atoms with Gasteiger partial charge in [-0.05, 0) is 30.2 Å². The van der Waals surface area contributed by atoms with Crippen molar-refractivity contribution < 1.29 is 0 Å². The van der Waals surface area contributed by atoms with E-state index in [1.165, 1.54) is 0 Å². The highest BCUT2D eigenvalue weighted by Crippen LogP contribution is 2.08. The third-order valence-corrected chi connectivity index (χ3v) is 2.58. The molecule has 0 saturated carbocycles. The molecule has 1 aromatic heterocycles. The van der Waals surface area contributed by atoms with Crippen LogP contribution in [-0.2, 0) is 6.54 Å². The van der Waals surface area contributed by atoms with Gasteiger partial charge in [0.25, 0.3) is 0 Å². The number of pyridine rings is 1. The molecule has 0 bridgehead atoms. The number of rotatable bonds is 6. The maximum atomic E-state index is 7.37. The second kappa shape index (κ2) is 6.35. The fourth-order valence-corrected chi connectivity index (χ4v) is 1.80. The molecule has 94 valence electrons. The molecule has 1 rings (SSSR count). The lowest BCUT2D eigenvalue weighted by molar-refractivity contribution is 0.248. The van der Waals surface area contributed by atoms with Crippen molar-refractivity contribution in [3.8, 4) is 0 Å². The summed E-state index contributed by atoms with van der Waals surface area (Å²) in [5, 5.41) is 7.37. The molecular formula is C13H22N4. The normalized spacial score (nSPS) is 11.1. The minimum Gasteiger partial charge on any atom is -0.382 e. The fourth-order valence-electron chi connectivity index (χ4n) is 1.80. The van der Waals surface area contributed by atoms with Gasteiger partial charge in [-0.15, -0.1) is 0 Å². The van der Waals surface area contributed by atoms with Gasteiger partial charge in [0.15, 0.2) is 0 Å². The Morgan fingerprint density at radius 1 is 1.53 bits per heavy atom. The molecule has 0 fully saturated rings. The summed E-state index contributed by atoms with van der Waals surface area (Å²) in [7, 11) is 0. The summed E-state index contributed by atoms with van der Waals surface area (Å²) in [6, 6.07) is 3.88. The number of nitrogens with zero attached hydrogens (tertiary/aromatic N) is 2. The van der Waals surface area contributed by atoms with Crippen LogP contribution in [-0.4, -0.2) is 28.8 Å². The molecule has 0 spiro atoms. The number of nitrogens with one attached hydrogen (secondary N) is 1. The molecule has 0 aliphatic heterocycles. The van der Waals surface area contributed by atoms with Gasteiger partial charge in [0.1, 0.15) is 11.5 Å². The summed E-state index contributed by atoms with van der Waals surface area (Å²) in [6.45, 7) is 9.59. The molecule has 0 radical (unpaired) electrons. The van der Waals surface area contributed by atoms with Crippen LogP contribution in [0.15, 0.2) is 18.3 Å². The van der Waals surface area contributed by atoms with Crippen molar-refractivity contribution in [1.82, 2.24) is 9.88 Å². The summed E-state index contributed by atoms with van der Waals surface area (Å²) in [5.74, 6) is 0.683. The van der Waals surface area contributed by atoms with E-state index in [-0.39, 0.29) is 5.84 Å². The standard InChI is InChI=1S/C13H22N4/c1-4-17(8-10(2)3)9-11-5-6-16-12(7-11)13(14)15/h5-7,10H,4,8-9H2,1-3H3,(H3,14,15). The first kappa shape index (κ1) is 13.6. The Morgan fingerprint density at radius 2 is 2.24 bits per heavy atom. The molecule has 0 aliphatic carbocycles. The van der Waals surface area contributed by atoms with Crippen LogP contribution in [0.2, 0.25) is 0 Å². The Kier molecular flexibility index (Phi) is 5.10. The molecule has 3 N–H and O–H groups in total. The quantitative estimate of drug-likeness (QED) is 0.583. The molecular weight excluding hydrogens is 212 g/mol. The number of amidine groups is 1. The summed E-state index contributed by atoms with van der Waals surface area (Å²) in [4.78, 5) is 6.44. The molecule has 0 amide bonds. The van der Waals surface area contributed by atoms with E-state index in [0.29, 0.717) is 11.6 Å². The predicted molar refractivity (Wildman–Crippen MR) is 71.0 cm³/mol. The zero-order valence-corrected chi connectivity index (χ0v) is 10.9. The third-order valence-electron chi connectivity index (χ3n) is 2.58. The smallest absolute Gasteiger partial charge is 0.141 e. The van der Waals surface area contributed by atoms with Gasteiger partial charge >= 0.3 is 0 Å². The minimum atomic E-state index is 0.0266. The molecule has 4 nitrogen and oxygen atoms in total. The van der Waals surface area contributed by atoms with Crippen LogP contribution in [0.1, 0.15) is 32.0 Å². The van der Waals surface area contributed by atoms with Crippen molar-refractivity contribution in [2.24, 2.45) is 11.7 Å². The molecule has 17 heavy (non-hydrogen) atoms. The summed E-state index contributed by atoms with van der Waals surface area (Å²) >= 11 is 0. The zero-order chi connectivity index (χ0) is 12.8. The van der Waals surface area contributed by atoms with Crippen molar-refractivity contribution in [1.29, 1.82) is 5.41 Å². The molecule has 0 unspecified atom stereocenters. The number of nitrogen functional groups attached to an aromatic ring is 1. The van der Waals surface area contributed by atoms with Crippen molar-refractivity contribution in [3.05, 3.63) is 29.6 Å². The minimum absolute atomic E-state index is 0.0266. The maximum Gasteiger partial charge on any atom is 0.141 e. The molecule has 1 aromatic rings. The highest BCUT2D eigenvalue weighted by molar-refractivity contribution is 5.93. The average molecular weight is 234 g/mol. The van der Waals surface area contributed by atoms with E-state index in [1.54, 1.807) is 6.20 Å². The number of hydrogen-bond donors (Lipinski definition) is 2. The summed E-state index contributed by atoms with van der Waals surface area (Å²) in [6.07, 6.45) is 1.72. The SMILES string of the molecule is CCN(Cc1ccnc(C(=N)N)c1)CC(C)C. The van der Waals surface area contributed by atoms with Crippen LogP contribution in [0.25, 0.3) is 0 Å². The van der Waals surface area contributed by atoms with Gasteiger partial charge < -0.3 is 5.73 Å². The van der Waals surface area contributed by atoms with Crippen LogP contribution < -0.4 is 5.73 Å². The highest BCUT2D eigenvalue weighted by Gasteiger charge is 2.07. The lowest BCUT2D eigenvalue weighted by Gasteiger charge is -2.22. The first-order valence-electron chi connectivity index (χ1n) is 6.04. The second-order valence-electron chi connectivity index (χ2n) is 4.68. The van der Waals surface area contributed by atoms with E-state index in [2.05, 4.69) is 30.7 Å². The Labute approximate surface area is 103 Å². The fraction of sp³-hybridized carbons (Fsp3) is 0.538. The van der Waals surface area contributed by atoms with Gasteiger partial charge in [-0.2, -0.15) is 0 Å². The molecule has 0 aromatic carbocycles. The van der Waals surface area contributed by atoms with E-state index in [4.69, 9.17) is 11.1 Å². The van der Waals surface area contributed by atoms with Crippen molar-refractivity contribution in [2.45, 2.75) is 27.3 Å². The first-order valence-corrected chi connectivity index (χ1v) is 6.04. The Bertz CT molecular complexity index is 373. The number of hydrogen-bond acceptors (Lipinski definition) is 3. The lowest BCUT2D eigenvalue weighted by atomic mass is 10.1. The molecule has 1 heterocycles. The third kappa shape index (κ3) is 4.53. The first-order chi connectivity index (χ1) is 8.02. The largest absolute Gasteiger partial charge is 0.382 e. The van der Waals surface area contributed by atoms with Gasteiger partial charge in [-0.1, -0.05) is 20.8 Å². The van der Waals surface area contributed by atoms with Gasteiger partial charge in [0, 0.05) is 19.3 Å². The van der Waals surface area contributed by atoms with Gasteiger partial charge in [-0.3, -0.25) is 15.3 Å².